The Bertz CT molecular complexity index is 1050. The fourth-order valence-electron chi connectivity index (χ4n) is 5.31. The van der Waals surface area contributed by atoms with Crippen LogP contribution >= 0.6 is 11.3 Å². The number of hydrogen-bond donors (Lipinski definition) is 1. The summed E-state index contributed by atoms with van der Waals surface area (Å²) in [5.41, 5.74) is 1.27. The second kappa shape index (κ2) is 7.50. The number of rotatable bonds is 6. The van der Waals surface area contributed by atoms with Gasteiger partial charge in [0.15, 0.2) is 4.96 Å². The Balaban J connectivity index is 1.31. The van der Waals surface area contributed by atoms with Crippen molar-refractivity contribution >= 4 is 28.1 Å². The fourth-order valence-corrected chi connectivity index (χ4v) is 6.03. The van der Waals surface area contributed by atoms with Crippen LogP contribution in [0.3, 0.4) is 0 Å². The van der Waals surface area contributed by atoms with E-state index in [1.807, 2.05) is 39.2 Å². The first-order chi connectivity index (χ1) is 14.6. The van der Waals surface area contributed by atoms with Crippen LogP contribution in [0.4, 0.5) is 0 Å². The molecule has 0 spiro atoms. The Hall–Kier alpha value is -2.74. The minimum atomic E-state index is -0.505. The molecular formula is C22H25N5O2S. The van der Waals surface area contributed by atoms with Crippen LogP contribution in [-0.4, -0.2) is 43.2 Å². The molecule has 3 aromatic rings. The van der Waals surface area contributed by atoms with Gasteiger partial charge in [-0.25, -0.2) is 4.98 Å². The Kier molecular flexibility index (Phi) is 4.81. The van der Waals surface area contributed by atoms with E-state index >= 15 is 0 Å². The molecule has 2 fully saturated rings. The third-order valence-electron chi connectivity index (χ3n) is 6.76. The van der Waals surface area contributed by atoms with E-state index in [-0.39, 0.29) is 23.9 Å². The lowest BCUT2D eigenvalue weighted by Gasteiger charge is -2.35. The van der Waals surface area contributed by atoms with Gasteiger partial charge in [-0.1, -0.05) is 13.0 Å². The minimum Gasteiger partial charge on any atom is -0.351 e. The molecule has 5 heterocycles. The molecule has 0 radical (unpaired) electrons. The molecule has 2 aliphatic heterocycles. The molecule has 0 aromatic carbocycles. The van der Waals surface area contributed by atoms with Crippen LogP contribution in [0.2, 0.25) is 0 Å². The van der Waals surface area contributed by atoms with E-state index < -0.39 is 5.41 Å². The third kappa shape index (κ3) is 3.10. The van der Waals surface area contributed by atoms with Crippen molar-refractivity contribution in [2.24, 2.45) is 5.41 Å². The Labute approximate surface area is 179 Å². The Morgan fingerprint density at radius 1 is 1.37 bits per heavy atom. The van der Waals surface area contributed by atoms with Gasteiger partial charge < -0.3 is 10.2 Å². The summed E-state index contributed by atoms with van der Waals surface area (Å²) in [5.74, 6) is 0.144. The van der Waals surface area contributed by atoms with Crippen LogP contribution in [0.5, 0.6) is 0 Å². The molecule has 3 atom stereocenters. The van der Waals surface area contributed by atoms with E-state index in [0.29, 0.717) is 13.0 Å². The molecule has 8 heteroatoms. The molecule has 156 valence electrons. The number of amides is 2. The molecule has 7 nitrogen and oxygen atoms in total. The largest absolute Gasteiger partial charge is 0.351 e. The molecular weight excluding hydrogens is 398 g/mol. The van der Waals surface area contributed by atoms with Crippen molar-refractivity contribution in [3.63, 3.8) is 0 Å². The van der Waals surface area contributed by atoms with Crippen molar-refractivity contribution in [1.82, 2.24) is 24.6 Å². The second-order valence-corrected chi connectivity index (χ2v) is 9.18. The predicted molar refractivity (Wildman–Crippen MR) is 114 cm³/mol. The highest BCUT2D eigenvalue weighted by molar-refractivity contribution is 7.15. The number of nitrogens with one attached hydrogen (secondary N) is 1. The van der Waals surface area contributed by atoms with Gasteiger partial charge >= 0.3 is 0 Å². The van der Waals surface area contributed by atoms with Crippen molar-refractivity contribution in [3.05, 3.63) is 53.6 Å². The molecule has 0 unspecified atom stereocenters. The zero-order valence-electron chi connectivity index (χ0n) is 17.0. The summed E-state index contributed by atoms with van der Waals surface area (Å²) in [4.78, 5) is 38.1. The highest BCUT2D eigenvalue weighted by Gasteiger charge is 2.60. The molecule has 2 saturated heterocycles. The first-order valence-corrected chi connectivity index (χ1v) is 11.4. The number of nitrogens with zero attached hydrogens (tertiary/aromatic N) is 4. The summed E-state index contributed by atoms with van der Waals surface area (Å²) in [6, 6.07) is 3.95. The maximum atomic E-state index is 13.3. The fraction of sp³-hybridized carbons (Fsp3) is 0.455. The van der Waals surface area contributed by atoms with E-state index in [9.17, 15) is 9.59 Å². The van der Waals surface area contributed by atoms with Crippen LogP contribution in [0.15, 0.2) is 42.3 Å². The van der Waals surface area contributed by atoms with Crippen molar-refractivity contribution in [2.45, 2.75) is 57.7 Å². The SMILES string of the molecule is CC[C@]1(C(=O)NCc2cccnc2)C[C@H]2CC[C@@H]1N2C(=O)Cc1cn2ccsc2n1. The first kappa shape index (κ1) is 19.2. The monoisotopic (exact) mass is 423 g/mol. The van der Waals surface area contributed by atoms with Crippen molar-refractivity contribution in [2.75, 3.05) is 0 Å². The van der Waals surface area contributed by atoms with Crippen molar-refractivity contribution in [1.29, 1.82) is 0 Å². The number of imidazole rings is 1. The van der Waals surface area contributed by atoms with Gasteiger partial charge in [0.2, 0.25) is 11.8 Å². The van der Waals surface area contributed by atoms with E-state index in [4.69, 9.17) is 0 Å². The standard InChI is InChI=1S/C22H25N5O2S/c1-2-22(20(29)24-13-15-4-3-7-23-12-15)11-17-5-6-18(22)27(17)19(28)10-16-14-26-8-9-30-21(26)25-16/h3-4,7-9,12,14,17-18H,2,5-6,10-11,13H2,1H3,(H,24,29)/t17-,18+,22+/m1/s1. The van der Waals surface area contributed by atoms with Gasteiger partial charge in [-0.2, -0.15) is 0 Å². The summed E-state index contributed by atoms with van der Waals surface area (Å²) >= 11 is 1.56. The number of aromatic nitrogens is 3. The van der Waals surface area contributed by atoms with Crippen LogP contribution in [0, 0.1) is 5.41 Å². The van der Waals surface area contributed by atoms with Crippen LogP contribution in [-0.2, 0) is 22.6 Å². The molecule has 2 bridgehead atoms. The Morgan fingerprint density at radius 3 is 3.03 bits per heavy atom. The number of carbonyl (C=O) groups is 2. The van der Waals surface area contributed by atoms with Gasteiger partial charge in [-0.05, 0) is 37.3 Å². The number of hydrogen-bond acceptors (Lipinski definition) is 5. The molecule has 30 heavy (non-hydrogen) atoms. The smallest absolute Gasteiger partial charge is 0.229 e. The van der Waals surface area contributed by atoms with Gasteiger partial charge in [-0.3, -0.25) is 19.0 Å². The highest BCUT2D eigenvalue weighted by atomic mass is 32.1. The minimum absolute atomic E-state index is 0.0300. The average Bonchev–Trinajstić information content (AvgIpc) is 3.51. The van der Waals surface area contributed by atoms with Gasteiger partial charge in [0.25, 0.3) is 0 Å². The average molecular weight is 424 g/mol. The molecule has 3 aromatic heterocycles. The zero-order chi connectivity index (χ0) is 20.7. The number of pyridine rings is 1. The summed E-state index contributed by atoms with van der Waals surface area (Å²) in [5, 5.41) is 5.09. The summed E-state index contributed by atoms with van der Waals surface area (Å²) in [7, 11) is 0. The van der Waals surface area contributed by atoms with Crippen LogP contribution < -0.4 is 5.32 Å². The molecule has 5 rings (SSSR count). The van der Waals surface area contributed by atoms with Crippen LogP contribution in [0.1, 0.15) is 43.9 Å². The summed E-state index contributed by atoms with van der Waals surface area (Å²) < 4.78 is 1.95. The zero-order valence-corrected chi connectivity index (χ0v) is 17.8. The van der Waals surface area contributed by atoms with Crippen LogP contribution in [0.25, 0.3) is 4.96 Å². The normalized spacial score (nSPS) is 25.2. The van der Waals surface area contributed by atoms with E-state index in [0.717, 1.165) is 41.9 Å². The van der Waals surface area contributed by atoms with Gasteiger partial charge in [-0.15, -0.1) is 11.3 Å². The summed E-state index contributed by atoms with van der Waals surface area (Å²) in [6.07, 6.45) is 11.0. The maximum absolute atomic E-state index is 13.3. The van der Waals surface area contributed by atoms with Gasteiger partial charge in [0.05, 0.1) is 17.5 Å². The molecule has 0 aliphatic carbocycles. The first-order valence-electron chi connectivity index (χ1n) is 10.5. The third-order valence-corrected chi connectivity index (χ3v) is 7.53. The summed E-state index contributed by atoms with van der Waals surface area (Å²) in [6.45, 7) is 2.53. The highest BCUT2D eigenvalue weighted by Crippen LogP contribution is 2.52. The second-order valence-electron chi connectivity index (χ2n) is 8.31. The molecule has 2 aliphatic rings. The lowest BCUT2D eigenvalue weighted by molar-refractivity contribution is -0.136. The van der Waals surface area contributed by atoms with Crippen molar-refractivity contribution in [3.8, 4) is 0 Å². The molecule has 0 saturated carbocycles. The Morgan fingerprint density at radius 2 is 2.27 bits per heavy atom. The topological polar surface area (TPSA) is 79.6 Å². The van der Waals surface area contributed by atoms with E-state index in [1.165, 1.54) is 0 Å². The lowest BCUT2D eigenvalue weighted by Crippen LogP contribution is -2.49. The number of fused-ring (bicyclic) bond motifs is 3. The number of carbonyl (C=O) groups excluding carboxylic acids is 2. The lowest BCUT2D eigenvalue weighted by atomic mass is 9.71. The maximum Gasteiger partial charge on any atom is 0.229 e. The van der Waals surface area contributed by atoms with E-state index in [1.54, 1.807) is 23.7 Å². The molecule has 2 amide bonds. The van der Waals surface area contributed by atoms with Gasteiger partial charge in [0.1, 0.15) is 0 Å². The van der Waals surface area contributed by atoms with Crippen molar-refractivity contribution < 1.29 is 9.59 Å². The number of thiazole rings is 1. The quantitative estimate of drug-likeness (QED) is 0.661. The van der Waals surface area contributed by atoms with E-state index in [2.05, 4.69) is 22.2 Å². The molecule has 1 N–H and O–H groups in total. The predicted octanol–water partition coefficient (Wildman–Crippen LogP) is 2.81. The van der Waals surface area contributed by atoms with Gasteiger partial charge in [0, 0.05) is 48.8 Å².